The molecule has 0 aliphatic carbocycles. The third-order valence-corrected chi connectivity index (χ3v) is 5.19. The molecular weight excluding hydrogens is 435 g/mol. The summed E-state index contributed by atoms with van der Waals surface area (Å²) in [6.07, 6.45) is -1.56. The monoisotopic (exact) mass is 461 g/mol. The molecule has 6 nitrogen and oxygen atoms in total. The lowest BCUT2D eigenvalue weighted by molar-refractivity contribution is -0.192. The van der Waals surface area contributed by atoms with Gasteiger partial charge in [0.1, 0.15) is 6.04 Å². The molecule has 9 heteroatoms. The molecule has 1 amide bonds. The van der Waals surface area contributed by atoms with Crippen LogP contribution in [0.15, 0.2) is 48.5 Å². The van der Waals surface area contributed by atoms with E-state index in [2.05, 4.69) is 47.9 Å². The zero-order valence-electron chi connectivity index (χ0n) is 18.2. The highest BCUT2D eigenvalue weighted by Crippen LogP contribution is 2.23. The van der Waals surface area contributed by atoms with Gasteiger partial charge in [-0.1, -0.05) is 55.0 Å². The first kappa shape index (κ1) is 25.9. The number of piperidine rings is 1. The van der Waals surface area contributed by atoms with Crippen molar-refractivity contribution in [3.8, 4) is 17.2 Å². The number of carboxylic acid groups (broad SMARTS) is 1. The van der Waals surface area contributed by atoms with Gasteiger partial charge in [0.15, 0.2) is 0 Å². The molecule has 1 fully saturated rings. The number of carbonyl (C=O) groups excluding carboxylic acids is 1. The maximum absolute atomic E-state index is 12.3. The van der Waals surface area contributed by atoms with E-state index in [0.29, 0.717) is 6.42 Å². The number of rotatable bonds is 5. The Morgan fingerprint density at radius 3 is 2.33 bits per heavy atom. The molecule has 3 rings (SSSR count). The Morgan fingerprint density at radius 2 is 1.82 bits per heavy atom. The predicted octanol–water partition coefficient (Wildman–Crippen LogP) is 3.99. The zero-order chi connectivity index (χ0) is 24.4. The van der Waals surface area contributed by atoms with Crippen molar-refractivity contribution in [1.82, 2.24) is 10.6 Å². The number of hydrogen-bond acceptors (Lipinski definition) is 4. The summed E-state index contributed by atoms with van der Waals surface area (Å²) >= 11 is 0. The number of aryl methyl sites for hydroxylation is 1. The minimum Gasteiger partial charge on any atom is -0.475 e. The van der Waals surface area contributed by atoms with Crippen molar-refractivity contribution in [3.05, 3.63) is 59.7 Å². The molecule has 33 heavy (non-hydrogen) atoms. The summed E-state index contributed by atoms with van der Waals surface area (Å²) in [4.78, 5) is 21.2. The van der Waals surface area contributed by atoms with E-state index >= 15 is 0 Å². The highest BCUT2D eigenvalue weighted by Gasteiger charge is 2.38. The number of nitrogens with zero attached hydrogens (tertiary/aromatic N) is 1. The summed E-state index contributed by atoms with van der Waals surface area (Å²) in [5.41, 5.74) is 4.66. The van der Waals surface area contributed by atoms with Gasteiger partial charge in [0.05, 0.1) is 12.1 Å². The van der Waals surface area contributed by atoms with Gasteiger partial charge in [-0.3, -0.25) is 4.79 Å². The summed E-state index contributed by atoms with van der Waals surface area (Å²) in [6.45, 7) is 2.97. The van der Waals surface area contributed by atoms with Crippen LogP contribution in [0.25, 0.3) is 11.1 Å². The number of carbonyl (C=O) groups is 2. The summed E-state index contributed by atoms with van der Waals surface area (Å²) in [5, 5.41) is 22.6. The lowest BCUT2D eigenvalue weighted by Crippen LogP contribution is -2.49. The summed E-state index contributed by atoms with van der Waals surface area (Å²) in [6, 6.07) is 18.1. The van der Waals surface area contributed by atoms with Crippen LogP contribution in [-0.2, 0) is 16.0 Å². The van der Waals surface area contributed by atoms with E-state index < -0.39 is 18.2 Å². The minimum atomic E-state index is -5.08. The molecule has 0 unspecified atom stereocenters. The van der Waals surface area contributed by atoms with Crippen molar-refractivity contribution in [2.45, 2.75) is 50.9 Å². The first-order chi connectivity index (χ1) is 15.6. The first-order valence-electron chi connectivity index (χ1n) is 10.5. The van der Waals surface area contributed by atoms with Crippen molar-refractivity contribution >= 4 is 11.9 Å². The molecule has 176 valence electrons. The average molecular weight is 461 g/mol. The van der Waals surface area contributed by atoms with E-state index in [9.17, 15) is 23.2 Å². The van der Waals surface area contributed by atoms with Crippen molar-refractivity contribution < 1.29 is 27.9 Å². The fraction of sp³-hybridized carbons (Fsp3) is 0.375. The fourth-order valence-electron chi connectivity index (χ4n) is 3.43. The number of carboxylic acids is 1. The van der Waals surface area contributed by atoms with E-state index in [1.54, 1.807) is 0 Å². The van der Waals surface area contributed by atoms with Crippen LogP contribution in [0.5, 0.6) is 0 Å². The van der Waals surface area contributed by atoms with Crippen LogP contribution in [0.4, 0.5) is 13.2 Å². The molecule has 2 atom stereocenters. The number of nitriles is 1. The van der Waals surface area contributed by atoms with Gasteiger partial charge in [0.2, 0.25) is 5.91 Å². The van der Waals surface area contributed by atoms with Crippen LogP contribution in [0.3, 0.4) is 0 Å². The summed E-state index contributed by atoms with van der Waals surface area (Å²) in [7, 11) is 0. The van der Waals surface area contributed by atoms with Crippen LogP contribution in [-0.4, -0.2) is 41.8 Å². The van der Waals surface area contributed by atoms with E-state index in [1.165, 1.54) is 11.1 Å². The van der Waals surface area contributed by atoms with E-state index in [0.717, 1.165) is 36.9 Å². The first-order valence-corrected chi connectivity index (χ1v) is 10.5. The Balaban J connectivity index is 0.000000479. The van der Waals surface area contributed by atoms with Crippen molar-refractivity contribution in [2.24, 2.45) is 0 Å². The fourth-order valence-corrected chi connectivity index (χ4v) is 3.43. The van der Waals surface area contributed by atoms with E-state index in [4.69, 9.17) is 9.90 Å². The van der Waals surface area contributed by atoms with Crippen LogP contribution in [0, 0.1) is 18.3 Å². The molecule has 0 saturated carbocycles. The van der Waals surface area contributed by atoms with Gasteiger partial charge >= 0.3 is 12.1 Å². The molecule has 0 radical (unpaired) electrons. The van der Waals surface area contributed by atoms with Gasteiger partial charge in [0.25, 0.3) is 0 Å². The molecule has 3 N–H and O–H groups in total. The highest BCUT2D eigenvalue weighted by molar-refractivity contribution is 5.82. The third-order valence-electron chi connectivity index (χ3n) is 5.19. The summed E-state index contributed by atoms with van der Waals surface area (Å²) in [5.74, 6) is -2.82. The highest BCUT2D eigenvalue weighted by atomic mass is 19.4. The van der Waals surface area contributed by atoms with Crippen LogP contribution in [0.1, 0.15) is 30.4 Å². The SMILES string of the molecule is Cc1ccccc1-c1ccc(C[C@@H](C#N)NC(=O)[C@@H]2CCCCN2)cc1.O=C(O)C(F)(F)F. The minimum absolute atomic E-state index is 0.0622. The Kier molecular flexibility index (Phi) is 9.43. The molecule has 1 heterocycles. The quantitative estimate of drug-likeness (QED) is 0.625. The number of benzene rings is 2. The van der Waals surface area contributed by atoms with E-state index in [1.807, 2.05) is 24.3 Å². The maximum Gasteiger partial charge on any atom is 0.490 e. The van der Waals surface area contributed by atoms with Crippen molar-refractivity contribution in [1.29, 1.82) is 5.26 Å². The molecule has 0 bridgehead atoms. The second kappa shape index (κ2) is 12.0. The molecular formula is C24H26F3N3O3. The van der Waals surface area contributed by atoms with Crippen molar-refractivity contribution in [3.63, 3.8) is 0 Å². The molecule has 0 aromatic heterocycles. The number of nitrogens with one attached hydrogen (secondary N) is 2. The molecule has 2 aromatic carbocycles. The van der Waals surface area contributed by atoms with Gasteiger partial charge in [-0.05, 0) is 48.6 Å². The number of alkyl halides is 3. The summed E-state index contributed by atoms with van der Waals surface area (Å²) < 4.78 is 31.7. The molecule has 2 aromatic rings. The number of halogens is 3. The number of amides is 1. The van der Waals surface area contributed by atoms with Gasteiger partial charge in [-0.15, -0.1) is 0 Å². The molecule has 0 spiro atoms. The standard InChI is InChI=1S/C22H25N3O.C2HF3O2/c1-16-6-2-3-7-20(16)18-11-9-17(10-12-18)14-19(15-23)25-22(26)21-8-4-5-13-24-21;3-2(4,5)1(6)7/h2-3,6-7,9-12,19,21,24H,4-5,8,13-14H2,1H3,(H,25,26);(H,6,7)/t19-,21-;/m0./s1. The Morgan fingerprint density at radius 1 is 1.18 bits per heavy atom. The predicted molar refractivity (Wildman–Crippen MR) is 117 cm³/mol. The zero-order valence-corrected chi connectivity index (χ0v) is 18.2. The smallest absolute Gasteiger partial charge is 0.475 e. The van der Waals surface area contributed by atoms with E-state index in [-0.39, 0.29) is 11.9 Å². The Hall–Kier alpha value is -3.38. The maximum atomic E-state index is 12.3. The third kappa shape index (κ3) is 8.24. The normalized spacial score (nSPS) is 16.5. The lowest BCUT2D eigenvalue weighted by atomic mass is 9.98. The van der Waals surface area contributed by atoms with Crippen LogP contribution in [0.2, 0.25) is 0 Å². The second-order valence-corrected chi connectivity index (χ2v) is 7.71. The van der Waals surface area contributed by atoms with Gasteiger partial charge in [-0.2, -0.15) is 18.4 Å². The Bertz CT molecular complexity index is 979. The van der Waals surface area contributed by atoms with Gasteiger partial charge in [0, 0.05) is 6.42 Å². The number of hydrogen-bond donors (Lipinski definition) is 3. The Labute approximate surface area is 190 Å². The van der Waals surface area contributed by atoms with Crippen LogP contribution < -0.4 is 10.6 Å². The average Bonchev–Trinajstić information content (AvgIpc) is 2.80. The van der Waals surface area contributed by atoms with Gasteiger partial charge < -0.3 is 15.7 Å². The topological polar surface area (TPSA) is 102 Å². The molecule has 1 aliphatic rings. The molecule has 1 aliphatic heterocycles. The second-order valence-electron chi connectivity index (χ2n) is 7.71. The lowest BCUT2D eigenvalue weighted by Gasteiger charge is -2.23. The van der Waals surface area contributed by atoms with Crippen molar-refractivity contribution in [2.75, 3.05) is 6.54 Å². The van der Waals surface area contributed by atoms with Gasteiger partial charge in [-0.25, -0.2) is 4.79 Å². The number of aliphatic carboxylic acids is 1. The van der Waals surface area contributed by atoms with Crippen LogP contribution >= 0.6 is 0 Å². The molecule has 1 saturated heterocycles. The largest absolute Gasteiger partial charge is 0.490 e.